The summed E-state index contributed by atoms with van der Waals surface area (Å²) in [4.78, 5) is 18.7. The van der Waals surface area contributed by atoms with Crippen LogP contribution in [-0.4, -0.2) is 33.4 Å². The summed E-state index contributed by atoms with van der Waals surface area (Å²) in [5, 5.41) is 0. The van der Waals surface area contributed by atoms with Crippen molar-refractivity contribution in [3.05, 3.63) is 54.1 Å². The van der Waals surface area contributed by atoms with Gasteiger partial charge in [0, 0.05) is 38.4 Å². The summed E-state index contributed by atoms with van der Waals surface area (Å²) >= 11 is 0. The Bertz CT molecular complexity index is 667. The van der Waals surface area contributed by atoms with Crippen LogP contribution in [0.25, 0.3) is 0 Å². The van der Waals surface area contributed by atoms with E-state index in [0.717, 1.165) is 31.6 Å². The lowest BCUT2D eigenvalue weighted by Gasteiger charge is -2.21. The lowest BCUT2D eigenvalue weighted by molar-refractivity contribution is -0.131. The van der Waals surface area contributed by atoms with Crippen molar-refractivity contribution in [3.63, 3.8) is 0 Å². The van der Waals surface area contributed by atoms with Gasteiger partial charge >= 0.3 is 0 Å². The fraction of sp³-hybridized carbons (Fsp3) is 0.474. The molecule has 5 nitrogen and oxygen atoms in total. The quantitative estimate of drug-likeness (QED) is 0.886. The molecule has 3 rings (SSSR count). The summed E-state index contributed by atoms with van der Waals surface area (Å²) in [6.07, 6.45) is 7.57. The predicted molar refractivity (Wildman–Crippen MR) is 94.2 cm³/mol. The number of nitrogens with zero attached hydrogens (tertiary/aromatic N) is 3. The highest BCUT2D eigenvalue weighted by Gasteiger charge is 2.27. The summed E-state index contributed by atoms with van der Waals surface area (Å²) in [7, 11) is 1.85. The molecule has 1 amide bonds. The van der Waals surface area contributed by atoms with E-state index >= 15 is 0 Å². The minimum absolute atomic E-state index is 0.159. The molecule has 2 aromatic rings. The minimum Gasteiger partial charge on any atom is -0.338 e. The number of amides is 1. The first kappa shape index (κ1) is 16.7. The van der Waals surface area contributed by atoms with E-state index in [9.17, 15) is 4.79 Å². The number of imidazole rings is 1. The summed E-state index contributed by atoms with van der Waals surface area (Å²) < 4.78 is 2.10. The van der Waals surface area contributed by atoms with Crippen molar-refractivity contribution in [3.8, 4) is 0 Å². The molecule has 0 spiro atoms. The van der Waals surface area contributed by atoms with Crippen LogP contribution in [0, 0.1) is 5.92 Å². The average Bonchev–Trinajstić information content (AvgIpc) is 3.18. The first-order valence-electron chi connectivity index (χ1n) is 8.67. The van der Waals surface area contributed by atoms with Gasteiger partial charge in [0.25, 0.3) is 0 Å². The number of carbonyl (C=O) groups is 1. The monoisotopic (exact) mass is 326 g/mol. The molecule has 1 aromatic carbocycles. The maximum atomic E-state index is 12.5. The van der Waals surface area contributed by atoms with Gasteiger partial charge in [-0.15, -0.1) is 0 Å². The Morgan fingerprint density at radius 2 is 2.12 bits per heavy atom. The molecule has 2 atom stereocenters. The topological polar surface area (TPSA) is 64.2 Å². The second-order valence-corrected chi connectivity index (χ2v) is 6.77. The molecule has 0 aliphatic heterocycles. The van der Waals surface area contributed by atoms with Gasteiger partial charge in [-0.3, -0.25) is 4.79 Å². The van der Waals surface area contributed by atoms with Crippen LogP contribution < -0.4 is 5.73 Å². The highest BCUT2D eigenvalue weighted by Crippen LogP contribution is 2.27. The van der Waals surface area contributed by atoms with E-state index in [1.165, 1.54) is 5.56 Å². The van der Waals surface area contributed by atoms with E-state index in [1.54, 1.807) is 11.1 Å². The molecule has 1 aliphatic carbocycles. The fourth-order valence-electron chi connectivity index (χ4n) is 3.42. The lowest BCUT2D eigenvalue weighted by Crippen LogP contribution is -2.33. The lowest BCUT2D eigenvalue weighted by atomic mass is 9.99. The molecule has 0 radical (unpaired) electrons. The van der Waals surface area contributed by atoms with Crippen LogP contribution in [0.2, 0.25) is 0 Å². The molecule has 0 bridgehead atoms. The zero-order chi connectivity index (χ0) is 16.9. The van der Waals surface area contributed by atoms with Crippen molar-refractivity contribution < 1.29 is 4.79 Å². The predicted octanol–water partition coefficient (Wildman–Crippen LogP) is 2.41. The molecule has 128 valence electrons. The molecular weight excluding hydrogens is 300 g/mol. The number of benzene rings is 1. The van der Waals surface area contributed by atoms with Gasteiger partial charge in [-0.25, -0.2) is 4.98 Å². The molecule has 1 saturated carbocycles. The second kappa shape index (κ2) is 7.62. The van der Waals surface area contributed by atoms with Crippen LogP contribution >= 0.6 is 0 Å². The maximum absolute atomic E-state index is 12.5. The van der Waals surface area contributed by atoms with E-state index in [1.807, 2.05) is 31.4 Å². The van der Waals surface area contributed by atoms with Crippen LogP contribution in [-0.2, 0) is 17.9 Å². The number of carbonyl (C=O) groups excluding carboxylic acids is 1. The van der Waals surface area contributed by atoms with E-state index in [0.29, 0.717) is 18.9 Å². The molecule has 1 aromatic heterocycles. The largest absolute Gasteiger partial charge is 0.338 e. The smallest absolute Gasteiger partial charge is 0.223 e. The number of hydrogen-bond donors (Lipinski definition) is 1. The van der Waals surface area contributed by atoms with Crippen molar-refractivity contribution in [1.82, 2.24) is 14.5 Å². The standard InChI is InChI=1S/C19H26N4O/c1-22(19(24)12-16-8-5-9-17(16)20)14-18-21-10-11-23(18)13-15-6-3-2-4-7-15/h2-4,6-7,10-11,16-17H,5,8-9,12-14,20H2,1H3/t16-,17+/m0/s1. The first-order chi connectivity index (χ1) is 11.6. The summed E-state index contributed by atoms with van der Waals surface area (Å²) in [6, 6.07) is 10.5. The van der Waals surface area contributed by atoms with E-state index in [4.69, 9.17) is 5.73 Å². The van der Waals surface area contributed by atoms with Gasteiger partial charge in [0.05, 0.1) is 6.54 Å². The molecule has 2 N–H and O–H groups in total. The van der Waals surface area contributed by atoms with Gasteiger partial charge in [-0.2, -0.15) is 0 Å². The van der Waals surface area contributed by atoms with Gasteiger partial charge in [0.2, 0.25) is 5.91 Å². The maximum Gasteiger partial charge on any atom is 0.223 e. The van der Waals surface area contributed by atoms with E-state index < -0.39 is 0 Å². The van der Waals surface area contributed by atoms with Gasteiger partial charge < -0.3 is 15.2 Å². The Morgan fingerprint density at radius 1 is 1.33 bits per heavy atom. The fourth-order valence-corrected chi connectivity index (χ4v) is 3.42. The summed E-state index contributed by atoms with van der Waals surface area (Å²) in [5.41, 5.74) is 7.31. The number of hydrogen-bond acceptors (Lipinski definition) is 3. The molecule has 0 saturated heterocycles. The van der Waals surface area contributed by atoms with Crippen molar-refractivity contribution in [2.75, 3.05) is 7.05 Å². The third kappa shape index (κ3) is 4.03. The van der Waals surface area contributed by atoms with Crippen molar-refractivity contribution in [2.24, 2.45) is 11.7 Å². The third-order valence-electron chi connectivity index (χ3n) is 4.96. The second-order valence-electron chi connectivity index (χ2n) is 6.77. The Labute approximate surface area is 143 Å². The van der Waals surface area contributed by atoms with Crippen molar-refractivity contribution in [2.45, 2.75) is 44.8 Å². The number of rotatable bonds is 6. The summed E-state index contributed by atoms with van der Waals surface area (Å²) in [5.74, 6) is 1.40. The molecule has 1 fully saturated rings. The first-order valence-corrected chi connectivity index (χ1v) is 8.67. The molecule has 1 aliphatic rings. The summed E-state index contributed by atoms with van der Waals surface area (Å²) in [6.45, 7) is 1.30. The number of aromatic nitrogens is 2. The van der Waals surface area contributed by atoms with Crippen LogP contribution in [0.1, 0.15) is 37.1 Å². The highest BCUT2D eigenvalue weighted by atomic mass is 16.2. The van der Waals surface area contributed by atoms with Gasteiger partial charge in [0.15, 0.2) is 0 Å². The van der Waals surface area contributed by atoms with Crippen LogP contribution in [0.15, 0.2) is 42.7 Å². The zero-order valence-electron chi connectivity index (χ0n) is 14.3. The van der Waals surface area contributed by atoms with E-state index in [2.05, 4.69) is 21.7 Å². The Balaban J connectivity index is 1.59. The van der Waals surface area contributed by atoms with Crippen molar-refractivity contribution >= 4 is 5.91 Å². The third-order valence-corrected chi connectivity index (χ3v) is 4.96. The molecule has 0 unspecified atom stereocenters. The van der Waals surface area contributed by atoms with Crippen LogP contribution in [0.5, 0.6) is 0 Å². The van der Waals surface area contributed by atoms with Gasteiger partial charge in [-0.1, -0.05) is 36.8 Å². The van der Waals surface area contributed by atoms with Gasteiger partial charge in [-0.05, 0) is 24.3 Å². The normalized spacial score (nSPS) is 20.2. The zero-order valence-corrected chi connectivity index (χ0v) is 14.3. The van der Waals surface area contributed by atoms with Crippen LogP contribution in [0.4, 0.5) is 0 Å². The number of nitrogens with two attached hydrogens (primary N) is 1. The minimum atomic E-state index is 0.159. The Hall–Kier alpha value is -2.14. The highest BCUT2D eigenvalue weighted by molar-refractivity contribution is 5.76. The molecular formula is C19H26N4O. The SMILES string of the molecule is CN(Cc1nccn1Cc1ccccc1)C(=O)C[C@@H]1CCC[C@H]1N. The Morgan fingerprint density at radius 3 is 2.83 bits per heavy atom. The Kier molecular flexibility index (Phi) is 5.30. The van der Waals surface area contributed by atoms with Crippen LogP contribution in [0.3, 0.4) is 0 Å². The molecule has 24 heavy (non-hydrogen) atoms. The average molecular weight is 326 g/mol. The van der Waals surface area contributed by atoms with Crippen molar-refractivity contribution in [1.29, 1.82) is 0 Å². The van der Waals surface area contributed by atoms with Gasteiger partial charge in [0.1, 0.15) is 5.82 Å². The van der Waals surface area contributed by atoms with E-state index in [-0.39, 0.29) is 11.9 Å². The molecule has 5 heteroatoms. The molecule has 1 heterocycles.